The minimum atomic E-state index is 0.118. The molecule has 1 unspecified atom stereocenters. The molecule has 2 aromatic rings. The maximum Gasteiger partial charge on any atom is 0.138 e. The SMILES string of the molecule is CC(C)Oc1ccc(NC(C)c2cncs2)cc1Cl. The zero-order valence-corrected chi connectivity index (χ0v) is 12.8. The first kappa shape index (κ1) is 14.2. The van der Waals surface area contributed by atoms with Crippen molar-refractivity contribution >= 4 is 28.6 Å². The number of hydrogen-bond acceptors (Lipinski definition) is 4. The Hall–Kier alpha value is -1.26. The van der Waals surface area contributed by atoms with Gasteiger partial charge in [-0.25, -0.2) is 0 Å². The Balaban J connectivity index is 2.07. The first-order valence-electron chi connectivity index (χ1n) is 6.17. The van der Waals surface area contributed by atoms with Crippen LogP contribution in [0.5, 0.6) is 5.75 Å². The Morgan fingerprint density at radius 1 is 1.32 bits per heavy atom. The van der Waals surface area contributed by atoms with E-state index in [0.29, 0.717) is 10.8 Å². The van der Waals surface area contributed by atoms with Crippen LogP contribution in [0.3, 0.4) is 0 Å². The molecule has 0 radical (unpaired) electrons. The van der Waals surface area contributed by atoms with Gasteiger partial charge in [-0.2, -0.15) is 0 Å². The fourth-order valence-electron chi connectivity index (χ4n) is 1.70. The molecule has 1 N–H and O–H groups in total. The molecule has 0 aliphatic heterocycles. The van der Waals surface area contributed by atoms with Crippen molar-refractivity contribution in [2.45, 2.75) is 32.9 Å². The predicted molar refractivity (Wildman–Crippen MR) is 81.4 cm³/mol. The van der Waals surface area contributed by atoms with Crippen LogP contribution >= 0.6 is 22.9 Å². The number of rotatable bonds is 5. The van der Waals surface area contributed by atoms with E-state index in [9.17, 15) is 0 Å². The first-order valence-corrected chi connectivity index (χ1v) is 7.43. The van der Waals surface area contributed by atoms with Gasteiger partial charge in [0.15, 0.2) is 0 Å². The summed E-state index contributed by atoms with van der Waals surface area (Å²) >= 11 is 7.84. The fourth-order valence-corrected chi connectivity index (χ4v) is 2.55. The number of anilines is 1. The summed E-state index contributed by atoms with van der Waals surface area (Å²) in [7, 11) is 0. The van der Waals surface area contributed by atoms with Gasteiger partial charge in [0.1, 0.15) is 5.75 Å². The number of halogens is 1. The Bertz CT molecular complexity index is 528. The third-order valence-electron chi connectivity index (χ3n) is 2.56. The smallest absolute Gasteiger partial charge is 0.138 e. The molecule has 0 saturated heterocycles. The maximum atomic E-state index is 6.21. The van der Waals surface area contributed by atoms with Crippen LogP contribution in [-0.4, -0.2) is 11.1 Å². The van der Waals surface area contributed by atoms with E-state index in [2.05, 4.69) is 17.2 Å². The minimum absolute atomic E-state index is 0.118. The summed E-state index contributed by atoms with van der Waals surface area (Å²) in [5.74, 6) is 0.715. The van der Waals surface area contributed by atoms with Crippen LogP contribution in [-0.2, 0) is 0 Å². The quantitative estimate of drug-likeness (QED) is 0.864. The number of ether oxygens (including phenoxy) is 1. The monoisotopic (exact) mass is 296 g/mol. The van der Waals surface area contributed by atoms with Crippen LogP contribution in [0.15, 0.2) is 29.9 Å². The number of hydrogen-bond donors (Lipinski definition) is 1. The summed E-state index contributed by atoms with van der Waals surface area (Å²) in [6.07, 6.45) is 1.99. The lowest BCUT2D eigenvalue weighted by molar-refractivity contribution is 0.242. The van der Waals surface area contributed by atoms with Crippen LogP contribution in [0.2, 0.25) is 5.02 Å². The molecule has 1 heterocycles. The van der Waals surface area contributed by atoms with Crippen LogP contribution in [0.1, 0.15) is 31.7 Å². The normalized spacial score (nSPS) is 12.5. The largest absolute Gasteiger partial charge is 0.489 e. The minimum Gasteiger partial charge on any atom is -0.489 e. The molecule has 0 bridgehead atoms. The molecule has 102 valence electrons. The molecular formula is C14H17ClN2OS. The van der Waals surface area contributed by atoms with Crippen molar-refractivity contribution in [3.8, 4) is 5.75 Å². The first-order chi connectivity index (χ1) is 9.06. The molecule has 1 aromatic heterocycles. The zero-order valence-electron chi connectivity index (χ0n) is 11.2. The molecule has 5 heteroatoms. The highest BCUT2D eigenvalue weighted by Gasteiger charge is 2.09. The highest BCUT2D eigenvalue weighted by Crippen LogP contribution is 2.30. The number of nitrogens with zero attached hydrogens (tertiary/aromatic N) is 1. The topological polar surface area (TPSA) is 34.1 Å². The van der Waals surface area contributed by atoms with E-state index in [1.807, 2.05) is 43.8 Å². The molecule has 0 amide bonds. The van der Waals surface area contributed by atoms with Crippen molar-refractivity contribution in [3.05, 3.63) is 39.8 Å². The maximum absolute atomic E-state index is 6.21. The van der Waals surface area contributed by atoms with Gasteiger partial charge in [0.05, 0.1) is 22.7 Å². The third kappa shape index (κ3) is 3.85. The van der Waals surface area contributed by atoms with Crippen LogP contribution in [0.25, 0.3) is 0 Å². The molecule has 2 rings (SSSR count). The number of benzene rings is 1. The van der Waals surface area contributed by atoms with Gasteiger partial charge in [-0.1, -0.05) is 11.6 Å². The highest BCUT2D eigenvalue weighted by molar-refractivity contribution is 7.09. The van der Waals surface area contributed by atoms with Gasteiger partial charge in [0, 0.05) is 16.8 Å². The fraction of sp³-hybridized carbons (Fsp3) is 0.357. The van der Waals surface area contributed by atoms with Crippen molar-refractivity contribution in [1.29, 1.82) is 0 Å². The summed E-state index contributed by atoms with van der Waals surface area (Å²) in [4.78, 5) is 5.27. The van der Waals surface area contributed by atoms with Crippen LogP contribution in [0, 0.1) is 0 Å². The van der Waals surface area contributed by atoms with Crippen molar-refractivity contribution in [3.63, 3.8) is 0 Å². The van der Waals surface area contributed by atoms with Crippen molar-refractivity contribution in [2.75, 3.05) is 5.32 Å². The van der Waals surface area contributed by atoms with E-state index >= 15 is 0 Å². The average molecular weight is 297 g/mol. The van der Waals surface area contributed by atoms with Gasteiger partial charge in [-0.15, -0.1) is 11.3 Å². The second kappa shape index (κ2) is 6.26. The number of thiazole rings is 1. The molecule has 0 fully saturated rings. The molecule has 0 saturated carbocycles. The van der Waals surface area contributed by atoms with Crippen LogP contribution in [0.4, 0.5) is 5.69 Å². The second-order valence-electron chi connectivity index (χ2n) is 4.58. The average Bonchev–Trinajstić information content (AvgIpc) is 2.86. The molecule has 0 aliphatic rings. The summed E-state index contributed by atoms with van der Waals surface area (Å²) in [6, 6.07) is 5.96. The third-order valence-corrected chi connectivity index (χ3v) is 3.81. The summed E-state index contributed by atoms with van der Waals surface area (Å²) in [6.45, 7) is 6.06. The van der Waals surface area contributed by atoms with Crippen LogP contribution < -0.4 is 10.1 Å². The van der Waals surface area contributed by atoms with E-state index in [1.54, 1.807) is 11.3 Å². The van der Waals surface area contributed by atoms with Gasteiger partial charge in [0.2, 0.25) is 0 Å². The van der Waals surface area contributed by atoms with E-state index in [0.717, 1.165) is 5.69 Å². The van der Waals surface area contributed by atoms with E-state index in [-0.39, 0.29) is 12.1 Å². The summed E-state index contributed by atoms with van der Waals surface area (Å²) in [5.41, 5.74) is 2.81. The molecule has 1 atom stereocenters. The Morgan fingerprint density at radius 3 is 2.68 bits per heavy atom. The van der Waals surface area contributed by atoms with Gasteiger partial charge in [-0.05, 0) is 39.0 Å². The Morgan fingerprint density at radius 2 is 2.11 bits per heavy atom. The van der Waals surface area contributed by atoms with Gasteiger partial charge in [0.25, 0.3) is 0 Å². The van der Waals surface area contributed by atoms with Gasteiger partial charge in [-0.3, -0.25) is 4.98 Å². The predicted octanol–water partition coefficient (Wildman–Crippen LogP) is 4.76. The van der Waals surface area contributed by atoms with E-state index in [4.69, 9.17) is 16.3 Å². The molecule has 19 heavy (non-hydrogen) atoms. The number of aromatic nitrogens is 1. The molecule has 0 spiro atoms. The van der Waals surface area contributed by atoms with E-state index in [1.165, 1.54) is 4.88 Å². The summed E-state index contributed by atoms with van der Waals surface area (Å²) in [5, 5.41) is 4.02. The van der Waals surface area contributed by atoms with Gasteiger partial charge >= 0.3 is 0 Å². The van der Waals surface area contributed by atoms with E-state index < -0.39 is 0 Å². The Labute approximate surface area is 122 Å². The molecule has 0 aliphatic carbocycles. The van der Waals surface area contributed by atoms with Crippen molar-refractivity contribution < 1.29 is 4.74 Å². The zero-order chi connectivity index (χ0) is 13.8. The lowest BCUT2D eigenvalue weighted by atomic mass is 10.2. The number of nitrogens with one attached hydrogen (secondary N) is 1. The Kier molecular flexibility index (Phi) is 4.66. The van der Waals surface area contributed by atoms with Crippen molar-refractivity contribution in [2.24, 2.45) is 0 Å². The second-order valence-corrected chi connectivity index (χ2v) is 5.91. The lowest BCUT2D eigenvalue weighted by Crippen LogP contribution is -2.07. The lowest BCUT2D eigenvalue weighted by Gasteiger charge is -2.16. The summed E-state index contributed by atoms with van der Waals surface area (Å²) < 4.78 is 5.61. The highest BCUT2D eigenvalue weighted by atomic mass is 35.5. The van der Waals surface area contributed by atoms with Gasteiger partial charge < -0.3 is 10.1 Å². The molecule has 3 nitrogen and oxygen atoms in total. The molecular weight excluding hydrogens is 280 g/mol. The standard InChI is InChI=1S/C14H17ClN2OS/c1-9(2)18-13-5-4-11(6-12(13)15)17-10(3)14-7-16-8-19-14/h4-10,17H,1-3H3. The van der Waals surface area contributed by atoms with Crippen molar-refractivity contribution in [1.82, 2.24) is 4.98 Å². The molecule has 1 aromatic carbocycles.